The van der Waals surface area contributed by atoms with Crippen LogP contribution in [0.4, 0.5) is 0 Å². The molecule has 4 aromatic rings. The Morgan fingerprint density at radius 1 is 0.632 bits per heavy atom. The number of benzene rings is 4. The highest BCUT2D eigenvalue weighted by Crippen LogP contribution is 2.33. The van der Waals surface area contributed by atoms with E-state index in [1.165, 1.54) is 32.3 Å². The highest BCUT2D eigenvalue weighted by atomic mass is 28.3. The molecule has 19 heavy (non-hydrogen) atoms. The second-order valence-corrected chi connectivity index (χ2v) is 8.01. The summed E-state index contributed by atoms with van der Waals surface area (Å²) in [5.74, 6) is 0. The Bertz CT molecular complexity index is 874. The van der Waals surface area contributed by atoms with Crippen molar-refractivity contribution in [2.24, 2.45) is 0 Å². The van der Waals surface area contributed by atoms with E-state index in [1.54, 1.807) is 5.19 Å². The van der Waals surface area contributed by atoms with E-state index in [2.05, 4.69) is 67.7 Å². The lowest BCUT2D eigenvalue weighted by Crippen LogP contribution is -2.23. The van der Waals surface area contributed by atoms with Crippen molar-refractivity contribution in [3.63, 3.8) is 0 Å². The average molecular weight is 259 g/mol. The Hall–Kier alpha value is -1.86. The van der Waals surface area contributed by atoms with E-state index >= 15 is 0 Å². The van der Waals surface area contributed by atoms with Gasteiger partial charge < -0.3 is 0 Å². The molecule has 0 N–H and O–H groups in total. The SMILES string of the molecule is C[Si](C)c1ccc2ccc3cccc4ccc1c2c34. The number of hydrogen-bond acceptors (Lipinski definition) is 0. The third-order valence-electron chi connectivity index (χ3n) is 4.07. The monoisotopic (exact) mass is 259 g/mol. The molecule has 0 aliphatic rings. The van der Waals surface area contributed by atoms with E-state index in [0.717, 1.165) is 0 Å². The Labute approximate surface area is 114 Å². The zero-order chi connectivity index (χ0) is 13.0. The molecule has 0 atom stereocenters. The Morgan fingerprint density at radius 3 is 1.89 bits per heavy atom. The molecule has 1 radical (unpaired) electrons. The molecule has 91 valence electrons. The van der Waals surface area contributed by atoms with Crippen LogP contribution in [0, 0.1) is 0 Å². The molecule has 0 amide bonds. The summed E-state index contributed by atoms with van der Waals surface area (Å²) in [6.45, 7) is 4.74. The molecule has 0 unspecified atom stereocenters. The van der Waals surface area contributed by atoms with Crippen LogP contribution in [0.3, 0.4) is 0 Å². The second-order valence-electron chi connectivity index (χ2n) is 5.47. The first-order valence-electron chi connectivity index (χ1n) is 6.73. The minimum absolute atomic E-state index is 0.434. The average Bonchev–Trinajstić information content (AvgIpc) is 2.44. The largest absolute Gasteiger partial charge is 0.0799 e. The van der Waals surface area contributed by atoms with Crippen LogP contribution in [0.2, 0.25) is 13.1 Å². The van der Waals surface area contributed by atoms with Crippen molar-refractivity contribution >= 4 is 46.3 Å². The standard InChI is InChI=1S/C18H15Si/c1-19(2)16-11-9-14-7-6-12-4-3-5-13-8-10-15(16)18(14)17(12)13/h3-11H,1-2H3. The van der Waals surface area contributed by atoms with Gasteiger partial charge in [-0.25, -0.2) is 0 Å². The van der Waals surface area contributed by atoms with Crippen LogP contribution in [0.5, 0.6) is 0 Å². The molecule has 4 rings (SSSR count). The van der Waals surface area contributed by atoms with E-state index in [9.17, 15) is 0 Å². The van der Waals surface area contributed by atoms with Crippen LogP contribution < -0.4 is 5.19 Å². The van der Waals surface area contributed by atoms with Gasteiger partial charge >= 0.3 is 0 Å². The minimum Gasteiger partial charge on any atom is -0.0671 e. The molecular weight excluding hydrogens is 244 g/mol. The van der Waals surface area contributed by atoms with Gasteiger partial charge in [-0.2, -0.15) is 0 Å². The molecule has 0 spiro atoms. The van der Waals surface area contributed by atoms with Crippen molar-refractivity contribution in [1.29, 1.82) is 0 Å². The highest BCUT2D eigenvalue weighted by Gasteiger charge is 2.12. The number of hydrogen-bond donors (Lipinski definition) is 0. The van der Waals surface area contributed by atoms with Crippen molar-refractivity contribution < 1.29 is 0 Å². The molecule has 0 aromatic heterocycles. The normalized spacial score (nSPS) is 12.2. The maximum atomic E-state index is 2.37. The quantitative estimate of drug-likeness (QED) is 0.347. The molecule has 0 nitrogen and oxygen atoms in total. The third kappa shape index (κ3) is 1.45. The van der Waals surface area contributed by atoms with Crippen molar-refractivity contribution in [2.75, 3.05) is 0 Å². The van der Waals surface area contributed by atoms with Gasteiger partial charge in [0.05, 0.1) is 8.80 Å². The van der Waals surface area contributed by atoms with Gasteiger partial charge in [-0.1, -0.05) is 72.9 Å². The molecule has 0 aliphatic heterocycles. The van der Waals surface area contributed by atoms with Crippen LogP contribution in [-0.2, 0) is 0 Å². The molecular formula is C18H15Si. The summed E-state index contributed by atoms with van der Waals surface area (Å²) >= 11 is 0. The van der Waals surface area contributed by atoms with Crippen LogP contribution in [0.15, 0.2) is 54.6 Å². The fourth-order valence-electron chi connectivity index (χ4n) is 3.17. The maximum Gasteiger partial charge on any atom is 0.0799 e. The minimum atomic E-state index is -0.434. The zero-order valence-electron chi connectivity index (χ0n) is 11.2. The van der Waals surface area contributed by atoms with Gasteiger partial charge in [0, 0.05) is 0 Å². The summed E-state index contributed by atoms with van der Waals surface area (Å²) in [7, 11) is -0.434. The summed E-state index contributed by atoms with van der Waals surface area (Å²) in [5, 5.41) is 9.98. The molecule has 0 fully saturated rings. The summed E-state index contributed by atoms with van der Waals surface area (Å²) < 4.78 is 0. The van der Waals surface area contributed by atoms with Gasteiger partial charge in [-0.15, -0.1) is 0 Å². The summed E-state index contributed by atoms with van der Waals surface area (Å²) in [6, 6.07) is 20.3. The Kier molecular flexibility index (Phi) is 2.21. The van der Waals surface area contributed by atoms with Gasteiger partial charge in [-0.3, -0.25) is 0 Å². The van der Waals surface area contributed by atoms with Crippen molar-refractivity contribution in [1.82, 2.24) is 0 Å². The molecule has 0 saturated carbocycles. The zero-order valence-corrected chi connectivity index (χ0v) is 12.2. The second kappa shape index (κ2) is 3.81. The van der Waals surface area contributed by atoms with Crippen molar-refractivity contribution in [3.8, 4) is 0 Å². The smallest absolute Gasteiger partial charge is 0.0671 e. The van der Waals surface area contributed by atoms with E-state index in [-0.39, 0.29) is 0 Å². The van der Waals surface area contributed by atoms with Gasteiger partial charge in [0.2, 0.25) is 0 Å². The first kappa shape index (κ1) is 11.0. The third-order valence-corrected chi connectivity index (χ3v) is 5.58. The fourth-order valence-corrected chi connectivity index (χ4v) is 4.33. The van der Waals surface area contributed by atoms with E-state index < -0.39 is 8.80 Å². The van der Waals surface area contributed by atoms with E-state index in [0.29, 0.717) is 0 Å². The predicted octanol–water partition coefficient (Wildman–Crippen LogP) is 4.55. The summed E-state index contributed by atoms with van der Waals surface area (Å²) in [5.41, 5.74) is 0. The van der Waals surface area contributed by atoms with E-state index in [1.807, 2.05) is 0 Å². The molecule has 1 heteroatoms. The first-order chi connectivity index (χ1) is 9.25. The Morgan fingerprint density at radius 2 is 1.21 bits per heavy atom. The van der Waals surface area contributed by atoms with Crippen LogP contribution >= 0.6 is 0 Å². The summed E-state index contributed by atoms with van der Waals surface area (Å²) in [6.07, 6.45) is 0. The van der Waals surface area contributed by atoms with Crippen molar-refractivity contribution in [2.45, 2.75) is 13.1 Å². The lowest BCUT2D eigenvalue weighted by atomic mass is 9.94. The highest BCUT2D eigenvalue weighted by molar-refractivity contribution is 6.73. The first-order valence-corrected chi connectivity index (χ1v) is 9.23. The molecule has 4 aromatic carbocycles. The van der Waals surface area contributed by atoms with Crippen LogP contribution in [0.25, 0.3) is 32.3 Å². The van der Waals surface area contributed by atoms with Gasteiger partial charge in [-0.05, 0) is 32.3 Å². The lowest BCUT2D eigenvalue weighted by molar-refractivity contribution is 1.79. The predicted molar refractivity (Wildman–Crippen MR) is 87.3 cm³/mol. The summed E-state index contributed by atoms with van der Waals surface area (Å²) in [4.78, 5) is 0. The van der Waals surface area contributed by atoms with Gasteiger partial charge in [0.1, 0.15) is 0 Å². The van der Waals surface area contributed by atoms with Crippen LogP contribution in [0.1, 0.15) is 0 Å². The molecule has 0 aliphatic carbocycles. The molecule has 0 bridgehead atoms. The maximum absolute atomic E-state index is 2.37. The molecule has 0 saturated heterocycles. The van der Waals surface area contributed by atoms with Gasteiger partial charge in [0.25, 0.3) is 0 Å². The topological polar surface area (TPSA) is 0 Å². The lowest BCUT2D eigenvalue weighted by Gasteiger charge is -2.15. The number of rotatable bonds is 1. The van der Waals surface area contributed by atoms with E-state index in [4.69, 9.17) is 0 Å². The van der Waals surface area contributed by atoms with Crippen LogP contribution in [-0.4, -0.2) is 8.80 Å². The molecule has 0 heterocycles. The van der Waals surface area contributed by atoms with Gasteiger partial charge in [0.15, 0.2) is 0 Å². The van der Waals surface area contributed by atoms with Crippen molar-refractivity contribution in [3.05, 3.63) is 54.6 Å². The fraction of sp³-hybridized carbons (Fsp3) is 0.111. The Balaban J connectivity index is 2.35.